The van der Waals surface area contributed by atoms with Crippen LogP contribution in [0.2, 0.25) is 5.02 Å². The molecule has 0 radical (unpaired) electrons. The van der Waals surface area contributed by atoms with Crippen LogP contribution in [0.15, 0.2) is 22.7 Å². The highest BCUT2D eigenvalue weighted by Crippen LogP contribution is 2.38. The van der Waals surface area contributed by atoms with Crippen LogP contribution in [0.4, 0.5) is 5.82 Å². The third-order valence-electron chi connectivity index (χ3n) is 3.31. The minimum Gasteiger partial charge on any atom is -0.383 e. The molecule has 2 N–H and O–H groups in total. The SMILES string of the molecule is CC(C)c1nc(-c2cc(Br)ccc2Cl)c(N)n1C(C)(C)C. The second-order valence-electron chi connectivity index (χ2n) is 6.49. The van der Waals surface area contributed by atoms with Crippen LogP contribution in [-0.2, 0) is 5.54 Å². The van der Waals surface area contributed by atoms with Crippen LogP contribution in [0.1, 0.15) is 46.4 Å². The Morgan fingerprint density at radius 2 is 1.90 bits per heavy atom. The molecule has 0 aliphatic carbocycles. The van der Waals surface area contributed by atoms with Crippen LogP contribution < -0.4 is 5.73 Å². The summed E-state index contributed by atoms with van der Waals surface area (Å²) in [5, 5.41) is 0.652. The molecule has 2 aromatic rings. The summed E-state index contributed by atoms with van der Waals surface area (Å²) in [4.78, 5) is 4.78. The molecular weight excluding hydrogens is 350 g/mol. The number of imidazole rings is 1. The van der Waals surface area contributed by atoms with Crippen LogP contribution in [0.5, 0.6) is 0 Å². The molecule has 0 bridgehead atoms. The Labute approximate surface area is 139 Å². The molecule has 5 heteroatoms. The smallest absolute Gasteiger partial charge is 0.132 e. The molecular formula is C16H21BrClN3. The van der Waals surface area contributed by atoms with Crippen molar-refractivity contribution in [1.29, 1.82) is 0 Å². The van der Waals surface area contributed by atoms with Crippen molar-refractivity contribution in [3.05, 3.63) is 33.5 Å². The lowest BCUT2D eigenvalue weighted by molar-refractivity contribution is 0.382. The fourth-order valence-electron chi connectivity index (χ4n) is 2.42. The van der Waals surface area contributed by atoms with Crippen molar-refractivity contribution in [2.45, 2.75) is 46.1 Å². The quantitative estimate of drug-likeness (QED) is 0.766. The van der Waals surface area contributed by atoms with Gasteiger partial charge in [0.1, 0.15) is 17.3 Å². The van der Waals surface area contributed by atoms with Gasteiger partial charge in [0.2, 0.25) is 0 Å². The maximum absolute atomic E-state index is 6.41. The first-order chi connectivity index (χ1) is 9.62. The van der Waals surface area contributed by atoms with E-state index in [1.807, 2.05) is 18.2 Å². The zero-order chi connectivity index (χ0) is 15.9. The van der Waals surface area contributed by atoms with Gasteiger partial charge in [-0.05, 0) is 39.0 Å². The molecule has 21 heavy (non-hydrogen) atoms. The number of halogens is 2. The monoisotopic (exact) mass is 369 g/mol. The van der Waals surface area contributed by atoms with E-state index in [0.717, 1.165) is 21.6 Å². The van der Waals surface area contributed by atoms with E-state index in [1.165, 1.54) is 0 Å². The second-order valence-corrected chi connectivity index (χ2v) is 7.81. The van der Waals surface area contributed by atoms with E-state index in [2.05, 4.69) is 55.1 Å². The summed E-state index contributed by atoms with van der Waals surface area (Å²) in [6, 6.07) is 5.72. The number of nitrogens with zero attached hydrogens (tertiary/aromatic N) is 2. The van der Waals surface area contributed by atoms with E-state index in [9.17, 15) is 0 Å². The van der Waals surface area contributed by atoms with Crippen molar-refractivity contribution in [2.75, 3.05) is 5.73 Å². The molecule has 1 heterocycles. The molecule has 0 aliphatic heterocycles. The molecule has 0 fully saturated rings. The van der Waals surface area contributed by atoms with Crippen LogP contribution in [0, 0.1) is 0 Å². The normalized spacial score (nSPS) is 12.2. The van der Waals surface area contributed by atoms with Gasteiger partial charge in [0.05, 0.1) is 5.02 Å². The lowest BCUT2D eigenvalue weighted by Crippen LogP contribution is -2.26. The van der Waals surface area contributed by atoms with Crippen LogP contribution in [0.25, 0.3) is 11.3 Å². The number of rotatable bonds is 2. The standard InChI is InChI=1S/C16H21BrClN3/c1-9(2)15-20-13(14(19)21(15)16(3,4)5)11-8-10(17)6-7-12(11)18/h6-9H,19H2,1-5H3. The van der Waals surface area contributed by atoms with E-state index in [-0.39, 0.29) is 11.5 Å². The van der Waals surface area contributed by atoms with Gasteiger partial charge in [-0.25, -0.2) is 4.98 Å². The molecule has 0 atom stereocenters. The van der Waals surface area contributed by atoms with Crippen molar-refractivity contribution >= 4 is 33.3 Å². The Hall–Kier alpha value is -1.00. The fourth-order valence-corrected chi connectivity index (χ4v) is 2.99. The number of hydrogen-bond donors (Lipinski definition) is 1. The molecule has 3 nitrogen and oxygen atoms in total. The molecule has 0 unspecified atom stereocenters. The predicted molar refractivity (Wildman–Crippen MR) is 93.9 cm³/mol. The fraction of sp³-hybridized carbons (Fsp3) is 0.438. The van der Waals surface area contributed by atoms with Gasteiger partial charge in [0.25, 0.3) is 0 Å². The summed E-state index contributed by atoms with van der Waals surface area (Å²) in [5.74, 6) is 1.92. The third kappa shape index (κ3) is 3.11. The summed E-state index contributed by atoms with van der Waals surface area (Å²) in [6.45, 7) is 10.6. The Kier molecular flexibility index (Phi) is 4.41. The number of nitrogens with two attached hydrogens (primary N) is 1. The summed E-state index contributed by atoms with van der Waals surface area (Å²) in [6.07, 6.45) is 0. The highest BCUT2D eigenvalue weighted by Gasteiger charge is 2.26. The maximum Gasteiger partial charge on any atom is 0.132 e. The second kappa shape index (κ2) is 5.65. The van der Waals surface area contributed by atoms with Crippen molar-refractivity contribution in [3.63, 3.8) is 0 Å². The molecule has 0 spiro atoms. The van der Waals surface area contributed by atoms with Crippen LogP contribution in [0.3, 0.4) is 0 Å². The van der Waals surface area contributed by atoms with Gasteiger partial charge in [-0.15, -0.1) is 0 Å². The zero-order valence-corrected chi connectivity index (χ0v) is 15.4. The zero-order valence-electron chi connectivity index (χ0n) is 13.0. The summed E-state index contributed by atoms with van der Waals surface area (Å²) in [5.41, 5.74) is 7.88. The molecule has 0 saturated carbocycles. The topological polar surface area (TPSA) is 43.8 Å². The number of aromatic nitrogens is 2. The van der Waals surface area contributed by atoms with Gasteiger partial charge in [-0.1, -0.05) is 41.4 Å². The highest BCUT2D eigenvalue weighted by atomic mass is 79.9. The van der Waals surface area contributed by atoms with Gasteiger partial charge in [-0.3, -0.25) is 0 Å². The van der Waals surface area contributed by atoms with E-state index < -0.39 is 0 Å². The molecule has 1 aromatic carbocycles. The predicted octanol–water partition coefficient (Wildman–Crippen LogP) is 5.43. The van der Waals surface area contributed by atoms with Crippen molar-refractivity contribution < 1.29 is 0 Å². The van der Waals surface area contributed by atoms with Crippen molar-refractivity contribution in [3.8, 4) is 11.3 Å². The molecule has 114 valence electrons. The summed E-state index contributed by atoms with van der Waals surface area (Å²) in [7, 11) is 0. The summed E-state index contributed by atoms with van der Waals surface area (Å²) >= 11 is 9.81. The molecule has 0 aliphatic rings. The lowest BCUT2D eigenvalue weighted by Gasteiger charge is -2.26. The number of hydrogen-bond acceptors (Lipinski definition) is 2. The molecule has 0 amide bonds. The first kappa shape index (κ1) is 16.4. The van der Waals surface area contributed by atoms with E-state index >= 15 is 0 Å². The Morgan fingerprint density at radius 3 is 2.38 bits per heavy atom. The molecule has 1 aromatic heterocycles. The Bertz CT molecular complexity index is 669. The largest absolute Gasteiger partial charge is 0.383 e. The Balaban J connectivity index is 2.74. The number of benzene rings is 1. The van der Waals surface area contributed by atoms with Gasteiger partial charge in [-0.2, -0.15) is 0 Å². The number of nitrogen functional groups attached to an aromatic ring is 1. The van der Waals surface area contributed by atoms with Gasteiger partial charge < -0.3 is 10.3 Å². The third-order valence-corrected chi connectivity index (χ3v) is 4.13. The summed E-state index contributed by atoms with van der Waals surface area (Å²) < 4.78 is 3.06. The minimum absolute atomic E-state index is 0.132. The average Bonchev–Trinajstić information content (AvgIpc) is 2.70. The lowest BCUT2D eigenvalue weighted by atomic mass is 10.1. The van der Waals surface area contributed by atoms with E-state index in [0.29, 0.717) is 10.8 Å². The van der Waals surface area contributed by atoms with Crippen LogP contribution >= 0.6 is 27.5 Å². The first-order valence-electron chi connectivity index (χ1n) is 6.97. The van der Waals surface area contributed by atoms with Gasteiger partial charge in [0.15, 0.2) is 0 Å². The molecule has 2 rings (SSSR count). The van der Waals surface area contributed by atoms with Crippen molar-refractivity contribution in [1.82, 2.24) is 9.55 Å². The minimum atomic E-state index is -0.132. The van der Waals surface area contributed by atoms with Crippen LogP contribution in [-0.4, -0.2) is 9.55 Å². The van der Waals surface area contributed by atoms with E-state index in [1.54, 1.807) is 0 Å². The van der Waals surface area contributed by atoms with Crippen molar-refractivity contribution in [2.24, 2.45) is 0 Å². The molecule has 0 saturated heterocycles. The highest BCUT2D eigenvalue weighted by molar-refractivity contribution is 9.10. The number of anilines is 1. The average molecular weight is 371 g/mol. The van der Waals surface area contributed by atoms with E-state index in [4.69, 9.17) is 22.3 Å². The van der Waals surface area contributed by atoms with Gasteiger partial charge >= 0.3 is 0 Å². The maximum atomic E-state index is 6.41. The van der Waals surface area contributed by atoms with Gasteiger partial charge in [0, 0.05) is 21.5 Å². The Morgan fingerprint density at radius 1 is 1.29 bits per heavy atom. The first-order valence-corrected chi connectivity index (χ1v) is 8.14.